The number of guanidine groups is 1. The number of amides is 1. The Morgan fingerprint density at radius 2 is 1.90 bits per heavy atom. The minimum Gasteiger partial charge on any atom is -0.472 e. The van der Waals surface area contributed by atoms with Gasteiger partial charge in [-0.25, -0.2) is 24.6 Å². The largest absolute Gasteiger partial charge is 0.472 e. The number of carbonyl (C=O) groups excluding carboxylic acids is 1. The average molecular weight is 638 g/mol. The van der Waals surface area contributed by atoms with E-state index in [-0.39, 0.29) is 12.6 Å². The lowest BCUT2D eigenvalue weighted by molar-refractivity contribution is -0.485. The highest BCUT2D eigenvalue weighted by Gasteiger charge is 2.19. The Kier molecular flexibility index (Phi) is 12.3. The van der Waals surface area contributed by atoms with E-state index in [2.05, 4.69) is 25.8 Å². The summed E-state index contributed by atoms with van der Waals surface area (Å²) < 4.78 is 12.6. The lowest BCUT2D eigenvalue weighted by atomic mass is 10.2. The Bertz CT molecular complexity index is 1500. The number of aromatic nitrogens is 3. The number of halogens is 2. The summed E-state index contributed by atoms with van der Waals surface area (Å²) in [5.74, 6) is 0.534. The minimum atomic E-state index is -0.779. The second-order valence-electron chi connectivity index (χ2n) is 7.81. The smallest absolute Gasteiger partial charge is 0.438 e. The van der Waals surface area contributed by atoms with Gasteiger partial charge in [0.15, 0.2) is 9.50 Å². The molecule has 0 unspecified atom stereocenters. The highest BCUT2D eigenvalue weighted by atomic mass is 35.5. The van der Waals surface area contributed by atoms with Crippen LogP contribution in [0.15, 0.2) is 72.1 Å². The molecule has 17 heteroatoms. The quantitative estimate of drug-likeness (QED) is 0.112. The second kappa shape index (κ2) is 16.1. The lowest BCUT2D eigenvalue weighted by Gasteiger charge is -2.20. The molecule has 0 bridgehead atoms. The number of nitrogens with zero attached hydrogens (tertiary/aromatic N) is 6. The van der Waals surface area contributed by atoms with Crippen molar-refractivity contribution in [2.75, 3.05) is 26.3 Å². The number of methoxy groups -OCH3 is 1. The van der Waals surface area contributed by atoms with Crippen molar-refractivity contribution in [3.8, 4) is 11.6 Å². The fraction of sp³-hybridized carbons (Fsp3) is 0.200. The van der Waals surface area contributed by atoms with Crippen LogP contribution in [0.1, 0.15) is 10.4 Å². The van der Waals surface area contributed by atoms with Crippen LogP contribution >= 0.6 is 34.5 Å². The molecule has 42 heavy (non-hydrogen) atoms. The number of rotatable bonds is 9. The Labute approximate surface area is 254 Å². The van der Waals surface area contributed by atoms with Crippen LogP contribution in [-0.4, -0.2) is 53.1 Å². The van der Waals surface area contributed by atoms with Gasteiger partial charge in [-0.15, -0.1) is 16.4 Å². The number of hydrogen-bond donors (Lipinski definition) is 2. The first-order valence-electron chi connectivity index (χ1n) is 11.9. The van der Waals surface area contributed by atoms with E-state index in [4.69, 9.17) is 37.5 Å². The summed E-state index contributed by atoms with van der Waals surface area (Å²) >= 11 is 12.8. The van der Waals surface area contributed by atoms with E-state index in [1.54, 1.807) is 47.4 Å². The maximum Gasteiger partial charge on any atom is 0.438 e. The Hall–Kier alpha value is -4.44. The van der Waals surface area contributed by atoms with Crippen molar-refractivity contribution >= 4 is 52.3 Å². The summed E-state index contributed by atoms with van der Waals surface area (Å²) in [4.78, 5) is 31.8. The van der Waals surface area contributed by atoms with Crippen LogP contribution in [0.25, 0.3) is 5.69 Å². The number of nitro groups is 1. The molecular formula is C25H26Cl2N8O6S. The first kappa shape index (κ1) is 32.1. The van der Waals surface area contributed by atoms with Gasteiger partial charge in [0, 0.05) is 41.0 Å². The predicted octanol–water partition coefficient (Wildman–Crippen LogP) is 4.89. The van der Waals surface area contributed by atoms with E-state index in [0.29, 0.717) is 27.6 Å². The van der Waals surface area contributed by atoms with E-state index in [1.165, 1.54) is 32.6 Å². The summed E-state index contributed by atoms with van der Waals surface area (Å²) in [6.07, 6.45) is 2.76. The molecule has 2 N–H and O–H groups in total. The average Bonchev–Trinajstić information content (AvgIpc) is 3.64. The number of benzene rings is 2. The summed E-state index contributed by atoms with van der Waals surface area (Å²) in [5, 5.41) is 23.8. The molecular weight excluding hydrogens is 611 g/mol. The molecule has 0 aliphatic rings. The molecule has 0 aliphatic heterocycles. The van der Waals surface area contributed by atoms with Gasteiger partial charge >= 0.3 is 6.09 Å². The van der Waals surface area contributed by atoms with Gasteiger partial charge in [0.2, 0.25) is 5.88 Å². The summed E-state index contributed by atoms with van der Waals surface area (Å²) in [7, 11) is 4.22. The molecule has 0 saturated heterocycles. The minimum absolute atomic E-state index is 0.0875. The van der Waals surface area contributed by atoms with E-state index >= 15 is 0 Å². The maximum atomic E-state index is 11.9. The fourth-order valence-corrected chi connectivity index (χ4v) is 4.29. The van der Waals surface area contributed by atoms with Crippen molar-refractivity contribution in [1.29, 1.82) is 0 Å². The second-order valence-corrected chi connectivity index (χ2v) is 9.94. The van der Waals surface area contributed by atoms with E-state index in [9.17, 15) is 14.9 Å². The third-order valence-electron chi connectivity index (χ3n) is 5.14. The molecule has 222 valence electrons. The van der Waals surface area contributed by atoms with Gasteiger partial charge in [0.25, 0.3) is 5.96 Å². The van der Waals surface area contributed by atoms with E-state index < -0.39 is 11.1 Å². The molecule has 2 aromatic carbocycles. The van der Waals surface area contributed by atoms with Gasteiger partial charge in [-0.05, 0) is 30.3 Å². The Balaban J connectivity index is 0.000000274. The number of ether oxygens (including phenoxy) is 2. The molecule has 4 rings (SSSR count). The normalized spacial score (nSPS) is 10.7. The van der Waals surface area contributed by atoms with Crippen LogP contribution in [0.4, 0.5) is 10.5 Å². The van der Waals surface area contributed by atoms with Crippen LogP contribution in [0, 0.1) is 10.1 Å². The number of para-hydroxylation sites is 1. The standard InChI is InChI=1S/C19H18ClN3O4.C6H8ClN5O2S/c1-25-19(24)23(26-2)17-6-4-3-5-14(17)13-27-18-11-12-22(21-18)16-9-7-15(20)8-10-16;1-8-6(11-12(13)14)10-3-4-2-9-5(7)15-4/h3-12H,13H2,1-2H3;2H,3H2,1H3,(H2,8,10,11). The first-order chi connectivity index (χ1) is 20.2. The lowest BCUT2D eigenvalue weighted by Crippen LogP contribution is -2.34. The van der Waals surface area contributed by atoms with E-state index in [0.717, 1.165) is 21.2 Å². The zero-order valence-corrected chi connectivity index (χ0v) is 24.9. The van der Waals surface area contributed by atoms with Crippen LogP contribution in [0.3, 0.4) is 0 Å². The molecule has 0 fully saturated rings. The number of hydrogen-bond acceptors (Lipinski definition) is 9. The number of thiazole rings is 1. The van der Waals surface area contributed by atoms with Crippen LogP contribution < -0.4 is 20.4 Å². The molecule has 0 spiro atoms. The molecule has 2 heterocycles. The van der Waals surface area contributed by atoms with Crippen molar-refractivity contribution in [1.82, 2.24) is 25.4 Å². The molecule has 0 aliphatic carbocycles. The Morgan fingerprint density at radius 3 is 2.52 bits per heavy atom. The van der Waals surface area contributed by atoms with E-state index in [1.807, 2.05) is 24.3 Å². The third kappa shape index (κ3) is 9.59. The predicted molar refractivity (Wildman–Crippen MR) is 159 cm³/mol. The van der Waals surface area contributed by atoms with Crippen molar-refractivity contribution in [3.63, 3.8) is 0 Å². The highest BCUT2D eigenvalue weighted by Crippen LogP contribution is 2.23. The summed E-state index contributed by atoms with van der Waals surface area (Å²) in [6.45, 7) is 0.586. The van der Waals surface area contributed by atoms with Crippen LogP contribution in [-0.2, 0) is 22.7 Å². The number of nitrogens with one attached hydrogen (secondary N) is 2. The number of carbonyl (C=O) groups is 1. The van der Waals surface area contributed by atoms with Crippen molar-refractivity contribution in [3.05, 3.63) is 97.0 Å². The van der Waals surface area contributed by atoms with Gasteiger partial charge in [-0.2, -0.15) is 5.06 Å². The monoisotopic (exact) mass is 636 g/mol. The highest BCUT2D eigenvalue weighted by molar-refractivity contribution is 7.15. The molecule has 0 radical (unpaired) electrons. The maximum absolute atomic E-state index is 11.9. The number of hydroxylamine groups is 1. The van der Waals surface area contributed by atoms with Gasteiger partial charge in [-0.1, -0.05) is 41.4 Å². The fourth-order valence-electron chi connectivity index (χ4n) is 3.25. The number of anilines is 1. The summed E-state index contributed by atoms with van der Waals surface area (Å²) in [5.41, 5.74) is 2.14. The van der Waals surface area contributed by atoms with Gasteiger partial charge < -0.3 is 20.1 Å². The zero-order valence-electron chi connectivity index (χ0n) is 22.6. The number of hydrazone groups is 1. The molecule has 0 atom stereocenters. The molecule has 1 amide bonds. The topological polar surface area (TPSA) is 158 Å². The zero-order chi connectivity index (χ0) is 30.5. The van der Waals surface area contributed by atoms with Crippen LogP contribution in [0.5, 0.6) is 5.88 Å². The van der Waals surface area contributed by atoms with Crippen molar-refractivity contribution in [2.45, 2.75) is 13.2 Å². The SMILES string of the molecule is CN/C(=N\[N+](=O)[O-])NCc1cnc(Cl)s1.COC(=O)N(OC)c1ccccc1COc1ccn(-c2ccc(Cl)cc2)n1. The molecule has 14 nitrogen and oxygen atoms in total. The van der Waals surface area contributed by atoms with Gasteiger partial charge in [0.05, 0.1) is 32.1 Å². The summed E-state index contributed by atoms with van der Waals surface area (Å²) in [6, 6.07) is 16.3. The van der Waals surface area contributed by atoms with Crippen molar-refractivity contribution in [2.24, 2.45) is 5.10 Å². The van der Waals surface area contributed by atoms with Crippen molar-refractivity contribution < 1.29 is 24.1 Å². The van der Waals surface area contributed by atoms with Gasteiger partial charge in [-0.3, -0.25) is 4.84 Å². The van der Waals surface area contributed by atoms with Gasteiger partial charge in [0.1, 0.15) is 11.7 Å². The third-order valence-corrected chi connectivity index (χ3v) is 6.51. The Morgan fingerprint density at radius 1 is 1.17 bits per heavy atom. The molecule has 4 aromatic rings. The first-order valence-corrected chi connectivity index (χ1v) is 13.5. The molecule has 2 aromatic heterocycles. The van der Waals surface area contributed by atoms with Crippen LogP contribution in [0.2, 0.25) is 9.49 Å². The molecule has 0 saturated carbocycles.